The van der Waals surface area contributed by atoms with E-state index in [1.54, 1.807) is 25.1 Å². The molecular formula is C21H19Cl2N3O3S. The molecule has 0 fully saturated rings. The monoisotopic (exact) mass is 463 g/mol. The van der Waals surface area contributed by atoms with Gasteiger partial charge in [-0.05, 0) is 49.8 Å². The largest absolute Gasteiger partial charge is 0.365 e. The number of rotatable bonds is 4. The first-order valence-electron chi connectivity index (χ1n) is 9.44. The summed E-state index contributed by atoms with van der Waals surface area (Å²) in [5, 5.41) is 8.01. The van der Waals surface area contributed by atoms with Crippen LogP contribution in [0.25, 0.3) is 11.3 Å². The summed E-state index contributed by atoms with van der Waals surface area (Å²) in [4.78, 5) is 26.5. The lowest BCUT2D eigenvalue weighted by Gasteiger charge is -2.18. The molecule has 0 bridgehead atoms. The number of hydrogen-bond acceptors (Lipinski definition) is 5. The molecule has 0 saturated carbocycles. The number of benzene rings is 1. The Morgan fingerprint density at radius 3 is 2.63 bits per heavy atom. The molecule has 2 heterocycles. The topological polar surface area (TPSA) is 98.2 Å². The summed E-state index contributed by atoms with van der Waals surface area (Å²) in [7, 11) is 0. The lowest BCUT2D eigenvalue weighted by molar-refractivity contribution is 0.1000. The molecule has 0 aliphatic heterocycles. The van der Waals surface area contributed by atoms with Gasteiger partial charge in [-0.1, -0.05) is 41.3 Å². The Labute approximate surface area is 187 Å². The van der Waals surface area contributed by atoms with Gasteiger partial charge in [-0.3, -0.25) is 9.59 Å². The van der Waals surface area contributed by atoms with Crippen LogP contribution in [0.5, 0.6) is 0 Å². The Morgan fingerprint density at radius 1 is 1.27 bits per heavy atom. The molecule has 1 atom stereocenters. The molecule has 2 amide bonds. The van der Waals surface area contributed by atoms with Crippen molar-refractivity contribution in [2.75, 3.05) is 5.32 Å². The van der Waals surface area contributed by atoms with Gasteiger partial charge in [0.15, 0.2) is 0 Å². The number of aromatic nitrogens is 1. The predicted octanol–water partition coefficient (Wildman–Crippen LogP) is 5.49. The van der Waals surface area contributed by atoms with E-state index in [-0.39, 0.29) is 11.3 Å². The summed E-state index contributed by atoms with van der Waals surface area (Å²) in [6.07, 6.45) is 2.62. The van der Waals surface area contributed by atoms with Gasteiger partial charge in [-0.15, -0.1) is 11.3 Å². The van der Waals surface area contributed by atoms with Crippen molar-refractivity contribution in [3.05, 3.63) is 55.6 Å². The molecule has 0 radical (unpaired) electrons. The van der Waals surface area contributed by atoms with E-state index < -0.39 is 11.8 Å². The lowest BCUT2D eigenvalue weighted by Crippen LogP contribution is -2.19. The molecule has 4 rings (SSSR count). The number of nitrogens with two attached hydrogens (primary N) is 1. The number of carbonyl (C=O) groups excluding carboxylic acids is 2. The highest BCUT2D eigenvalue weighted by molar-refractivity contribution is 7.17. The van der Waals surface area contributed by atoms with Gasteiger partial charge < -0.3 is 15.6 Å². The van der Waals surface area contributed by atoms with E-state index >= 15 is 0 Å². The SMILES string of the molecule is Cc1onc(-c2c(Cl)cccc2Cl)c1C(=O)Nc1sc2c(c1C(N)=O)CC[C@H](C)C2. The molecule has 0 saturated heterocycles. The van der Waals surface area contributed by atoms with Crippen molar-refractivity contribution in [3.8, 4) is 11.3 Å². The number of fused-ring (bicyclic) bond motifs is 1. The highest BCUT2D eigenvalue weighted by Gasteiger charge is 2.30. The Morgan fingerprint density at radius 2 is 1.97 bits per heavy atom. The molecule has 3 aromatic rings. The Hall–Kier alpha value is -2.35. The van der Waals surface area contributed by atoms with E-state index in [1.165, 1.54) is 11.3 Å². The second-order valence-electron chi connectivity index (χ2n) is 7.43. The summed E-state index contributed by atoms with van der Waals surface area (Å²) in [6, 6.07) is 5.03. The van der Waals surface area contributed by atoms with E-state index in [9.17, 15) is 9.59 Å². The number of hydrogen-bond donors (Lipinski definition) is 2. The zero-order valence-electron chi connectivity index (χ0n) is 16.3. The number of carbonyl (C=O) groups is 2. The molecule has 3 N–H and O–H groups in total. The Kier molecular flexibility index (Phi) is 5.61. The highest BCUT2D eigenvalue weighted by atomic mass is 35.5. The van der Waals surface area contributed by atoms with Crippen LogP contribution in [-0.4, -0.2) is 17.0 Å². The van der Waals surface area contributed by atoms with E-state index in [2.05, 4.69) is 17.4 Å². The molecule has 1 aromatic carbocycles. The van der Waals surface area contributed by atoms with E-state index in [0.29, 0.717) is 37.9 Å². The Bertz CT molecular complexity index is 1150. The molecular weight excluding hydrogens is 445 g/mol. The van der Waals surface area contributed by atoms with Gasteiger partial charge in [0.1, 0.15) is 22.0 Å². The van der Waals surface area contributed by atoms with Crippen molar-refractivity contribution in [1.82, 2.24) is 5.16 Å². The molecule has 6 nitrogen and oxygen atoms in total. The fourth-order valence-electron chi connectivity index (χ4n) is 3.80. The number of nitrogens with zero attached hydrogens (tertiary/aromatic N) is 1. The van der Waals surface area contributed by atoms with Crippen LogP contribution in [0.4, 0.5) is 5.00 Å². The summed E-state index contributed by atoms with van der Waals surface area (Å²) in [5.74, 6) is -0.175. The van der Waals surface area contributed by atoms with Gasteiger partial charge in [-0.2, -0.15) is 0 Å². The number of nitrogens with one attached hydrogen (secondary N) is 1. The van der Waals surface area contributed by atoms with Crippen molar-refractivity contribution < 1.29 is 14.1 Å². The zero-order chi connectivity index (χ0) is 21.6. The molecule has 9 heteroatoms. The average molecular weight is 464 g/mol. The molecule has 1 aliphatic carbocycles. The number of aryl methyl sites for hydroxylation is 1. The van der Waals surface area contributed by atoms with Crippen LogP contribution in [0.2, 0.25) is 10.0 Å². The van der Waals surface area contributed by atoms with E-state index in [1.807, 2.05) is 0 Å². The van der Waals surface area contributed by atoms with Crippen LogP contribution in [0.15, 0.2) is 22.7 Å². The van der Waals surface area contributed by atoms with Crippen molar-refractivity contribution in [1.29, 1.82) is 0 Å². The molecule has 0 spiro atoms. The summed E-state index contributed by atoms with van der Waals surface area (Å²) in [6.45, 7) is 3.80. The second-order valence-corrected chi connectivity index (χ2v) is 9.35. The third-order valence-electron chi connectivity index (χ3n) is 5.27. The third kappa shape index (κ3) is 3.62. The number of primary amides is 1. The third-order valence-corrected chi connectivity index (χ3v) is 7.07. The number of amides is 2. The van der Waals surface area contributed by atoms with Crippen LogP contribution in [0, 0.1) is 12.8 Å². The first-order valence-corrected chi connectivity index (χ1v) is 11.0. The maximum atomic E-state index is 13.2. The standard InChI is InChI=1S/C21H19Cl2N3O3S/c1-9-6-7-11-14(8-9)30-21(16(11)19(24)27)25-20(28)15-10(2)29-26-18(15)17-12(22)4-3-5-13(17)23/h3-5,9H,6-8H2,1-2H3,(H2,24,27)(H,25,28)/t9-/m0/s1. The minimum absolute atomic E-state index is 0.208. The van der Waals surface area contributed by atoms with Gasteiger partial charge in [-0.25, -0.2) is 0 Å². The van der Waals surface area contributed by atoms with Gasteiger partial charge >= 0.3 is 0 Å². The molecule has 0 unspecified atom stereocenters. The van der Waals surface area contributed by atoms with Gasteiger partial charge in [0.25, 0.3) is 11.8 Å². The quantitative estimate of drug-likeness (QED) is 0.533. The molecule has 30 heavy (non-hydrogen) atoms. The van der Waals surface area contributed by atoms with Crippen molar-refractivity contribution in [3.63, 3.8) is 0 Å². The highest BCUT2D eigenvalue weighted by Crippen LogP contribution is 2.41. The molecule has 2 aromatic heterocycles. The normalized spacial score (nSPS) is 15.7. The van der Waals surface area contributed by atoms with E-state index in [4.69, 9.17) is 33.5 Å². The molecule has 1 aliphatic rings. The minimum Gasteiger partial charge on any atom is -0.365 e. The number of halogens is 2. The zero-order valence-corrected chi connectivity index (χ0v) is 18.7. The van der Waals surface area contributed by atoms with Crippen LogP contribution >= 0.6 is 34.5 Å². The fraction of sp³-hybridized carbons (Fsp3) is 0.286. The van der Waals surface area contributed by atoms with Gasteiger partial charge in [0.2, 0.25) is 0 Å². The van der Waals surface area contributed by atoms with Crippen LogP contribution in [-0.2, 0) is 12.8 Å². The summed E-state index contributed by atoms with van der Waals surface area (Å²) in [5.41, 5.74) is 7.85. The van der Waals surface area contributed by atoms with Crippen molar-refractivity contribution >= 4 is 51.4 Å². The number of thiophene rings is 1. The van der Waals surface area contributed by atoms with Crippen LogP contribution in [0.1, 0.15) is 50.3 Å². The minimum atomic E-state index is -0.547. The maximum Gasteiger partial charge on any atom is 0.262 e. The van der Waals surface area contributed by atoms with Crippen molar-refractivity contribution in [2.24, 2.45) is 11.7 Å². The predicted molar refractivity (Wildman–Crippen MR) is 119 cm³/mol. The average Bonchev–Trinajstić information content (AvgIpc) is 3.21. The fourth-order valence-corrected chi connectivity index (χ4v) is 5.79. The first-order chi connectivity index (χ1) is 14.3. The Balaban J connectivity index is 1.75. The first kappa shape index (κ1) is 20.9. The van der Waals surface area contributed by atoms with Crippen molar-refractivity contribution in [2.45, 2.75) is 33.1 Å². The van der Waals surface area contributed by atoms with Crippen LogP contribution < -0.4 is 11.1 Å². The lowest BCUT2D eigenvalue weighted by atomic mass is 9.88. The van der Waals surface area contributed by atoms with Crippen LogP contribution in [0.3, 0.4) is 0 Å². The summed E-state index contributed by atoms with van der Waals surface area (Å²) >= 11 is 14.0. The van der Waals surface area contributed by atoms with E-state index in [0.717, 1.165) is 29.7 Å². The maximum absolute atomic E-state index is 13.2. The molecule has 156 valence electrons. The van der Waals surface area contributed by atoms with Gasteiger partial charge in [0, 0.05) is 10.4 Å². The smallest absolute Gasteiger partial charge is 0.262 e. The summed E-state index contributed by atoms with van der Waals surface area (Å²) < 4.78 is 5.28. The number of anilines is 1. The van der Waals surface area contributed by atoms with Gasteiger partial charge in [0.05, 0.1) is 15.6 Å². The second kappa shape index (κ2) is 8.06.